The summed E-state index contributed by atoms with van der Waals surface area (Å²) in [4.78, 5) is 36.4. The van der Waals surface area contributed by atoms with Crippen molar-refractivity contribution < 1.29 is 47.5 Å². The lowest BCUT2D eigenvalue weighted by molar-refractivity contribution is -0.233. The number of ether oxygens (including phenoxy) is 7. The summed E-state index contributed by atoms with van der Waals surface area (Å²) in [6.07, 6.45) is -2.16. The van der Waals surface area contributed by atoms with Gasteiger partial charge in [0.2, 0.25) is 6.79 Å². The van der Waals surface area contributed by atoms with E-state index in [-0.39, 0.29) is 6.79 Å². The molecule has 10 nitrogen and oxygen atoms in total. The molecule has 216 valence electrons. The van der Waals surface area contributed by atoms with E-state index in [0.717, 1.165) is 11.3 Å². The molecular weight excluding hydrogens is 564 g/mol. The highest BCUT2D eigenvalue weighted by Crippen LogP contribution is 2.50. The number of hydrogen-bond donors (Lipinski definition) is 0. The zero-order valence-corrected chi connectivity index (χ0v) is 24.3. The summed E-state index contributed by atoms with van der Waals surface area (Å²) < 4.78 is 40.2. The number of carbonyl (C=O) groups is 3. The number of esters is 3. The highest BCUT2D eigenvalue weighted by Gasteiger charge is 2.53. The molecule has 0 bridgehead atoms. The van der Waals surface area contributed by atoms with Gasteiger partial charge in [-0.15, -0.1) is 11.8 Å². The molecule has 1 fully saturated rings. The average molecular weight is 595 g/mol. The number of thioether (sulfide) groups is 1. The van der Waals surface area contributed by atoms with Crippen LogP contribution in [0.15, 0.2) is 30.3 Å². The van der Waals surface area contributed by atoms with Gasteiger partial charge in [0, 0.05) is 26.3 Å². The van der Waals surface area contributed by atoms with Gasteiger partial charge in [0.15, 0.2) is 29.8 Å². The van der Waals surface area contributed by atoms with Gasteiger partial charge in [-0.05, 0) is 48.9 Å². The maximum absolute atomic E-state index is 12.3. The second-order valence-electron chi connectivity index (χ2n) is 9.14. The van der Waals surface area contributed by atoms with Crippen LogP contribution < -0.4 is 14.2 Å². The lowest BCUT2D eigenvalue weighted by Crippen LogP contribution is -2.57. The van der Waals surface area contributed by atoms with E-state index in [1.165, 1.54) is 32.5 Å². The summed E-state index contributed by atoms with van der Waals surface area (Å²) in [5.74, 6) is -0.474. The summed E-state index contributed by atoms with van der Waals surface area (Å²) in [7, 11) is 0. The summed E-state index contributed by atoms with van der Waals surface area (Å²) >= 11 is 8.02. The van der Waals surface area contributed by atoms with Crippen molar-refractivity contribution in [2.24, 2.45) is 0 Å². The lowest BCUT2D eigenvalue weighted by atomic mass is 9.91. The highest BCUT2D eigenvalue weighted by molar-refractivity contribution is 7.99. The van der Waals surface area contributed by atoms with Crippen molar-refractivity contribution in [1.82, 2.24) is 0 Å². The molecule has 0 aromatic heterocycles. The van der Waals surface area contributed by atoms with Crippen LogP contribution >= 0.6 is 23.4 Å². The van der Waals surface area contributed by atoms with Crippen LogP contribution in [0.1, 0.15) is 50.5 Å². The number of rotatable bonds is 9. The molecule has 0 aliphatic carbocycles. The van der Waals surface area contributed by atoms with Gasteiger partial charge >= 0.3 is 17.9 Å². The standard InChI is InChI=1S/C28H31ClO10S/c1-6-33-19-9-7-17(8-10-19)11-18-12-20(22-24(21(18)29)35-13-34-22)23-25(36-14(2)30)26(37-15(3)31)27(38-16(4)32)28(39-23)40-5/h7-10,12,23,25-28H,6,11,13H2,1-5H3/t23-,25-,26+,27-,28+/m0/s1. The minimum Gasteiger partial charge on any atom is -0.494 e. The smallest absolute Gasteiger partial charge is 0.303 e. The van der Waals surface area contributed by atoms with E-state index >= 15 is 0 Å². The van der Waals surface area contributed by atoms with E-state index in [9.17, 15) is 14.4 Å². The van der Waals surface area contributed by atoms with Crippen LogP contribution in [0.3, 0.4) is 0 Å². The first-order valence-corrected chi connectivity index (χ1v) is 14.3. The van der Waals surface area contributed by atoms with Crippen LogP contribution in [-0.2, 0) is 39.8 Å². The molecule has 0 amide bonds. The van der Waals surface area contributed by atoms with E-state index in [4.69, 9.17) is 44.8 Å². The first kappa shape index (κ1) is 29.8. The van der Waals surface area contributed by atoms with Crippen LogP contribution in [0.2, 0.25) is 5.02 Å². The summed E-state index contributed by atoms with van der Waals surface area (Å²) in [6.45, 7) is 6.09. The van der Waals surface area contributed by atoms with Gasteiger partial charge in [0.05, 0.1) is 11.6 Å². The van der Waals surface area contributed by atoms with Crippen molar-refractivity contribution in [2.75, 3.05) is 19.7 Å². The largest absolute Gasteiger partial charge is 0.494 e. The third kappa shape index (κ3) is 6.59. The van der Waals surface area contributed by atoms with Crippen LogP contribution in [0.5, 0.6) is 17.2 Å². The topological polar surface area (TPSA) is 116 Å². The normalized spacial score (nSPS) is 23.3. The monoisotopic (exact) mass is 594 g/mol. The molecule has 0 N–H and O–H groups in total. The first-order chi connectivity index (χ1) is 19.1. The van der Waals surface area contributed by atoms with Gasteiger partial charge < -0.3 is 33.2 Å². The molecule has 0 unspecified atom stereocenters. The fourth-order valence-electron chi connectivity index (χ4n) is 4.76. The third-order valence-electron chi connectivity index (χ3n) is 6.25. The highest BCUT2D eigenvalue weighted by atomic mass is 35.5. The van der Waals surface area contributed by atoms with Gasteiger partial charge in [-0.2, -0.15) is 0 Å². The average Bonchev–Trinajstić information content (AvgIpc) is 3.39. The fraction of sp³-hybridized carbons (Fsp3) is 0.464. The zero-order chi connectivity index (χ0) is 29.0. The maximum Gasteiger partial charge on any atom is 0.303 e. The zero-order valence-electron chi connectivity index (χ0n) is 22.8. The Morgan fingerprint density at radius 1 is 0.925 bits per heavy atom. The Bertz CT molecular complexity index is 1250. The minimum absolute atomic E-state index is 0.0745. The third-order valence-corrected chi connectivity index (χ3v) is 7.51. The number of halogens is 1. The molecule has 0 spiro atoms. The number of benzene rings is 2. The van der Waals surface area contributed by atoms with Crippen LogP contribution in [0, 0.1) is 0 Å². The van der Waals surface area contributed by atoms with Crippen molar-refractivity contribution in [2.45, 2.75) is 64.0 Å². The molecule has 1 saturated heterocycles. The first-order valence-electron chi connectivity index (χ1n) is 12.6. The number of fused-ring (bicyclic) bond motifs is 1. The Morgan fingerprint density at radius 3 is 2.12 bits per heavy atom. The Labute approximate surface area is 241 Å². The summed E-state index contributed by atoms with van der Waals surface area (Å²) in [5, 5.41) is 0.376. The van der Waals surface area contributed by atoms with Gasteiger partial charge in [-0.3, -0.25) is 14.4 Å². The van der Waals surface area contributed by atoms with Gasteiger partial charge in [0.1, 0.15) is 17.3 Å². The number of hydrogen-bond acceptors (Lipinski definition) is 11. The van der Waals surface area contributed by atoms with Gasteiger partial charge in [-0.25, -0.2) is 0 Å². The molecule has 0 saturated carbocycles. The summed E-state index contributed by atoms with van der Waals surface area (Å²) in [5.41, 5.74) is 1.39. The fourth-order valence-corrected chi connectivity index (χ4v) is 5.73. The quantitative estimate of drug-likeness (QED) is 0.299. The van der Waals surface area contributed by atoms with Crippen molar-refractivity contribution in [3.63, 3.8) is 0 Å². The van der Waals surface area contributed by atoms with E-state index in [1.807, 2.05) is 37.3 Å². The molecule has 2 aliphatic rings. The summed E-state index contributed by atoms with van der Waals surface area (Å²) in [6, 6.07) is 9.44. The maximum atomic E-state index is 12.3. The molecule has 2 aromatic carbocycles. The predicted molar refractivity (Wildman–Crippen MR) is 146 cm³/mol. The molecule has 12 heteroatoms. The van der Waals surface area contributed by atoms with Crippen LogP contribution in [-0.4, -0.2) is 61.3 Å². The Kier molecular flexibility index (Phi) is 9.70. The Balaban J connectivity index is 1.80. The minimum atomic E-state index is -1.18. The molecule has 4 rings (SSSR count). The number of carbonyl (C=O) groups excluding carboxylic acids is 3. The van der Waals surface area contributed by atoms with E-state index in [0.29, 0.717) is 40.7 Å². The van der Waals surface area contributed by atoms with Crippen LogP contribution in [0.25, 0.3) is 0 Å². The van der Waals surface area contributed by atoms with Crippen molar-refractivity contribution in [1.29, 1.82) is 0 Å². The Morgan fingerprint density at radius 2 is 1.52 bits per heavy atom. The second-order valence-corrected chi connectivity index (χ2v) is 10.5. The molecule has 2 aromatic rings. The van der Waals surface area contributed by atoms with Gasteiger partial charge in [0.25, 0.3) is 0 Å². The van der Waals surface area contributed by atoms with Crippen LogP contribution in [0.4, 0.5) is 0 Å². The van der Waals surface area contributed by atoms with Crippen molar-refractivity contribution in [3.05, 3.63) is 52.0 Å². The molecule has 0 radical (unpaired) electrons. The van der Waals surface area contributed by atoms with Gasteiger partial charge in [-0.1, -0.05) is 23.7 Å². The van der Waals surface area contributed by atoms with Crippen molar-refractivity contribution in [3.8, 4) is 17.2 Å². The molecular formula is C28H31ClO10S. The Hall–Kier alpha value is -3.15. The second kappa shape index (κ2) is 13.0. The van der Waals surface area contributed by atoms with E-state index in [2.05, 4.69) is 0 Å². The molecule has 40 heavy (non-hydrogen) atoms. The van der Waals surface area contributed by atoms with E-state index in [1.54, 1.807) is 6.26 Å². The van der Waals surface area contributed by atoms with Crippen molar-refractivity contribution >= 4 is 41.3 Å². The lowest BCUT2D eigenvalue weighted by Gasteiger charge is -2.44. The SMILES string of the molecule is CCOc1ccc(Cc2cc([C@@H]3O[C@H](SC)[C@@H](OC(C)=O)[C@H](OC(C)=O)[C@H]3OC(C)=O)c3c(c2Cl)OCO3)cc1. The molecule has 2 heterocycles. The molecule has 5 atom stereocenters. The predicted octanol–water partition coefficient (Wildman–Crippen LogP) is 4.61. The molecule has 2 aliphatic heterocycles. The van der Waals surface area contributed by atoms with E-state index < -0.39 is 47.8 Å².